The van der Waals surface area contributed by atoms with E-state index in [2.05, 4.69) is 17.3 Å². The molecular formula is C24H20FN3OS. The van der Waals surface area contributed by atoms with Crippen LogP contribution in [-0.2, 0) is 18.5 Å². The van der Waals surface area contributed by atoms with E-state index in [0.29, 0.717) is 0 Å². The third-order valence-electron chi connectivity index (χ3n) is 4.44. The Bertz CT molecular complexity index is 1130. The average Bonchev–Trinajstić information content (AvgIpc) is 3.09. The predicted octanol–water partition coefficient (Wildman–Crippen LogP) is 5.93. The van der Waals surface area contributed by atoms with Gasteiger partial charge in [-0.3, -0.25) is 4.68 Å². The van der Waals surface area contributed by atoms with Gasteiger partial charge in [0.2, 0.25) is 0 Å². The largest absolute Gasteiger partial charge is 0.391 e. The Labute approximate surface area is 179 Å². The van der Waals surface area contributed by atoms with E-state index in [0.717, 1.165) is 32.3 Å². The summed E-state index contributed by atoms with van der Waals surface area (Å²) in [4.78, 5) is 6.58. The van der Waals surface area contributed by atoms with Crippen molar-refractivity contribution in [3.05, 3.63) is 102 Å². The minimum atomic E-state index is -0.271. The van der Waals surface area contributed by atoms with Crippen LogP contribution in [0.15, 0.2) is 100 Å². The van der Waals surface area contributed by atoms with Crippen molar-refractivity contribution >= 4 is 18.0 Å². The minimum absolute atomic E-state index is 0.263. The standard InChI is InChI=1S/C24H20FN3OS/c1-28-24(30-21-10-6-3-7-11-21)22(23(27-28)19-8-4-2-5-9-19)16-26-29-17-18-12-14-20(25)15-13-18/h2-16H,17H2,1H3/b26-16+. The molecule has 0 saturated carbocycles. The van der Waals surface area contributed by atoms with Crippen molar-refractivity contribution < 1.29 is 9.23 Å². The van der Waals surface area contributed by atoms with Crippen LogP contribution in [0.2, 0.25) is 0 Å². The number of halogens is 1. The Morgan fingerprint density at radius 1 is 0.967 bits per heavy atom. The third-order valence-corrected chi connectivity index (χ3v) is 5.62. The van der Waals surface area contributed by atoms with Crippen LogP contribution in [0.25, 0.3) is 11.3 Å². The lowest BCUT2D eigenvalue weighted by Crippen LogP contribution is -1.94. The second-order valence-electron chi connectivity index (χ2n) is 6.61. The zero-order valence-corrected chi connectivity index (χ0v) is 17.2. The quantitative estimate of drug-likeness (QED) is 0.276. The van der Waals surface area contributed by atoms with Gasteiger partial charge in [-0.15, -0.1) is 0 Å². The van der Waals surface area contributed by atoms with Gasteiger partial charge < -0.3 is 4.84 Å². The number of rotatable bonds is 7. The molecule has 0 aliphatic carbocycles. The first-order valence-electron chi connectivity index (χ1n) is 9.46. The summed E-state index contributed by atoms with van der Waals surface area (Å²) in [6, 6.07) is 26.3. The lowest BCUT2D eigenvalue weighted by molar-refractivity contribution is 0.132. The molecule has 0 fully saturated rings. The minimum Gasteiger partial charge on any atom is -0.391 e. The van der Waals surface area contributed by atoms with Crippen LogP contribution in [0.1, 0.15) is 11.1 Å². The second-order valence-corrected chi connectivity index (χ2v) is 7.67. The zero-order chi connectivity index (χ0) is 20.8. The maximum absolute atomic E-state index is 13.0. The summed E-state index contributed by atoms with van der Waals surface area (Å²) in [5.41, 5.74) is 3.58. The van der Waals surface area contributed by atoms with Crippen LogP contribution < -0.4 is 0 Å². The highest BCUT2D eigenvalue weighted by molar-refractivity contribution is 7.99. The van der Waals surface area contributed by atoms with Gasteiger partial charge in [-0.2, -0.15) is 5.10 Å². The molecule has 1 heterocycles. The summed E-state index contributed by atoms with van der Waals surface area (Å²) in [6.07, 6.45) is 1.70. The first-order chi connectivity index (χ1) is 14.7. The lowest BCUT2D eigenvalue weighted by Gasteiger charge is -2.04. The molecule has 0 N–H and O–H groups in total. The van der Waals surface area contributed by atoms with Gasteiger partial charge in [0.05, 0.1) is 11.8 Å². The fourth-order valence-corrected chi connectivity index (χ4v) is 3.90. The van der Waals surface area contributed by atoms with Crippen LogP contribution in [0.4, 0.5) is 4.39 Å². The van der Waals surface area contributed by atoms with Crippen LogP contribution >= 0.6 is 11.8 Å². The maximum Gasteiger partial charge on any atom is 0.142 e. The van der Waals surface area contributed by atoms with Gasteiger partial charge in [0, 0.05) is 17.5 Å². The van der Waals surface area contributed by atoms with Gasteiger partial charge >= 0.3 is 0 Å². The van der Waals surface area contributed by atoms with E-state index in [4.69, 9.17) is 9.94 Å². The molecular weight excluding hydrogens is 397 g/mol. The molecule has 1 aromatic heterocycles. The van der Waals surface area contributed by atoms with Crippen LogP contribution in [0.5, 0.6) is 0 Å². The van der Waals surface area contributed by atoms with Crippen LogP contribution in [0.3, 0.4) is 0 Å². The smallest absolute Gasteiger partial charge is 0.142 e. The first-order valence-corrected chi connectivity index (χ1v) is 10.3. The topological polar surface area (TPSA) is 39.4 Å². The highest BCUT2D eigenvalue weighted by atomic mass is 32.2. The summed E-state index contributed by atoms with van der Waals surface area (Å²) < 4.78 is 14.9. The van der Waals surface area contributed by atoms with Gasteiger partial charge in [0.25, 0.3) is 0 Å². The van der Waals surface area contributed by atoms with Crippen molar-refractivity contribution in [3.8, 4) is 11.3 Å². The number of hydrogen-bond donors (Lipinski definition) is 0. The summed E-state index contributed by atoms with van der Waals surface area (Å²) in [5, 5.41) is 9.87. The number of nitrogens with zero attached hydrogens (tertiary/aromatic N) is 3. The molecule has 6 heteroatoms. The molecule has 4 rings (SSSR count). The van der Waals surface area contributed by atoms with E-state index >= 15 is 0 Å². The maximum atomic E-state index is 13.0. The summed E-state index contributed by atoms with van der Waals surface area (Å²) in [7, 11) is 1.93. The Morgan fingerprint density at radius 3 is 2.33 bits per heavy atom. The molecule has 150 valence electrons. The van der Waals surface area contributed by atoms with Gasteiger partial charge in [-0.25, -0.2) is 4.39 Å². The molecule has 0 saturated heterocycles. The SMILES string of the molecule is Cn1nc(-c2ccccc2)c(/C=N/OCc2ccc(F)cc2)c1Sc1ccccc1. The molecule has 0 aliphatic rings. The van der Waals surface area contributed by atoms with E-state index in [1.165, 1.54) is 12.1 Å². The monoisotopic (exact) mass is 417 g/mol. The molecule has 4 nitrogen and oxygen atoms in total. The first kappa shape index (κ1) is 19.9. The molecule has 0 spiro atoms. The van der Waals surface area contributed by atoms with Crippen molar-refractivity contribution in [2.24, 2.45) is 12.2 Å². The average molecular weight is 418 g/mol. The Balaban J connectivity index is 1.62. The number of oxime groups is 1. The van der Waals surface area contributed by atoms with Crippen molar-refractivity contribution in [2.75, 3.05) is 0 Å². The number of aromatic nitrogens is 2. The fourth-order valence-electron chi connectivity index (χ4n) is 2.95. The van der Waals surface area contributed by atoms with Gasteiger partial charge in [-0.05, 0) is 29.8 Å². The Kier molecular flexibility index (Phi) is 6.25. The summed E-state index contributed by atoms with van der Waals surface area (Å²) >= 11 is 1.62. The molecule has 0 bridgehead atoms. The number of aryl methyl sites for hydroxylation is 1. The van der Waals surface area contributed by atoms with Gasteiger partial charge in [0.15, 0.2) is 0 Å². The Morgan fingerprint density at radius 2 is 1.63 bits per heavy atom. The summed E-state index contributed by atoms with van der Waals surface area (Å²) in [5.74, 6) is -0.271. The van der Waals surface area contributed by atoms with E-state index in [1.54, 1.807) is 30.1 Å². The van der Waals surface area contributed by atoms with E-state index in [1.807, 2.05) is 60.3 Å². The van der Waals surface area contributed by atoms with Crippen molar-refractivity contribution in [2.45, 2.75) is 16.5 Å². The molecule has 4 aromatic rings. The van der Waals surface area contributed by atoms with Crippen molar-refractivity contribution in [1.82, 2.24) is 9.78 Å². The number of hydrogen-bond acceptors (Lipinski definition) is 4. The molecule has 0 radical (unpaired) electrons. The van der Waals surface area contributed by atoms with E-state index in [9.17, 15) is 4.39 Å². The Hall–Kier alpha value is -3.38. The van der Waals surface area contributed by atoms with Gasteiger partial charge in [0.1, 0.15) is 23.1 Å². The summed E-state index contributed by atoms with van der Waals surface area (Å²) in [6.45, 7) is 0.263. The van der Waals surface area contributed by atoms with Crippen LogP contribution in [-0.4, -0.2) is 16.0 Å². The van der Waals surface area contributed by atoms with E-state index in [-0.39, 0.29) is 12.4 Å². The third kappa shape index (κ3) is 4.78. The normalized spacial score (nSPS) is 11.1. The molecule has 0 aliphatic heterocycles. The van der Waals surface area contributed by atoms with E-state index < -0.39 is 0 Å². The molecule has 0 atom stereocenters. The van der Waals surface area contributed by atoms with Crippen LogP contribution in [0, 0.1) is 5.82 Å². The number of benzene rings is 3. The van der Waals surface area contributed by atoms with Crippen molar-refractivity contribution in [1.29, 1.82) is 0 Å². The molecule has 0 amide bonds. The second kappa shape index (κ2) is 9.41. The fraction of sp³-hybridized carbons (Fsp3) is 0.0833. The highest BCUT2D eigenvalue weighted by Crippen LogP contribution is 2.34. The zero-order valence-electron chi connectivity index (χ0n) is 16.4. The molecule has 30 heavy (non-hydrogen) atoms. The van der Waals surface area contributed by atoms with Gasteiger partial charge in [-0.1, -0.05) is 77.6 Å². The lowest BCUT2D eigenvalue weighted by atomic mass is 10.1. The predicted molar refractivity (Wildman–Crippen MR) is 118 cm³/mol. The van der Waals surface area contributed by atoms with Crippen molar-refractivity contribution in [3.63, 3.8) is 0 Å². The molecule has 0 unspecified atom stereocenters. The highest BCUT2D eigenvalue weighted by Gasteiger charge is 2.17. The molecule has 3 aromatic carbocycles.